The summed E-state index contributed by atoms with van der Waals surface area (Å²) in [6, 6.07) is 7.14. The first kappa shape index (κ1) is 16.8. The molecule has 1 N–H and O–H groups in total. The lowest BCUT2D eigenvalue weighted by Gasteiger charge is -2.32. The molecule has 2 rings (SSSR count). The van der Waals surface area contributed by atoms with Crippen LogP contribution in [-0.4, -0.2) is 44.7 Å². The third-order valence-corrected chi connectivity index (χ3v) is 5.82. The lowest BCUT2D eigenvalue weighted by Crippen LogP contribution is -2.52. The Morgan fingerprint density at radius 3 is 2.79 bits per heavy atom. The average molecular weight is 323 g/mol. The van der Waals surface area contributed by atoms with Crippen molar-refractivity contribution in [1.82, 2.24) is 9.62 Å². The van der Waals surface area contributed by atoms with E-state index in [1.807, 2.05) is 19.2 Å². The number of piperazine rings is 1. The van der Waals surface area contributed by atoms with E-state index in [2.05, 4.69) is 5.32 Å². The molecule has 1 aliphatic heterocycles. The van der Waals surface area contributed by atoms with Crippen LogP contribution in [0.15, 0.2) is 34.1 Å². The Balaban J connectivity index is 0.00000180. The molecule has 1 fully saturated rings. The predicted octanol–water partition coefficient (Wildman–Crippen LogP) is 1.81. The molecule has 1 atom stereocenters. The van der Waals surface area contributed by atoms with Gasteiger partial charge in [0.15, 0.2) is 0 Å². The van der Waals surface area contributed by atoms with Crippen LogP contribution >= 0.6 is 24.2 Å². The van der Waals surface area contributed by atoms with Crippen molar-refractivity contribution in [3.05, 3.63) is 24.3 Å². The summed E-state index contributed by atoms with van der Waals surface area (Å²) in [4.78, 5) is 1.36. The number of hydrogen-bond acceptors (Lipinski definition) is 4. The van der Waals surface area contributed by atoms with Gasteiger partial charge >= 0.3 is 0 Å². The molecular weight excluding hydrogens is 304 g/mol. The monoisotopic (exact) mass is 322 g/mol. The first-order valence-corrected chi connectivity index (χ1v) is 8.59. The summed E-state index contributed by atoms with van der Waals surface area (Å²) >= 11 is 1.55. The summed E-state index contributed by atoms with van der Waals surface area (Å²) in [6.45, 7) is 3.89. The van der Waals surface area contributed by atoms with Gasteiger partial charge in [-0.3, -0.25) is 0 Å². The fraction of sp³-hybridized carbons (Fsp3) is 0.500. The van der Waals surface area contributed by atoms with Crippen LogP contribution in [0.2, 0.25) is 0 Å². The molecule has 108 valence electrons. The van der Waals surface area contributed by atoms with Gasteiger partial charge in [0, 0.05) is 30.6 Å². The summed E-state index contributed by atoms with van der Waals surface area (Å²) in [5.41, 5.74) is 0. The van der Waals surface area contributed by atoms with Crippen LogP contribution in [0.25, 0.3) is 0 Å². The Kier molecular flexibility index (Phi) is 6.14. The van der Waals surface area contributed by atoms with Crippen molar-refractivity contribution in [3.63, 3.8) is 0 Å². The molecule has 19 heavy (non-hydrogen) atoms. The van der Waals surface area contributed by atoms with E-state index >= 15 is 0 Å². The zero-order valence-corrected chi connectivity index (χ0v) is 13.4. The Morgan fingerprint density at radius 2 is 2.16 bits per heavy atom. The quantitative estimate of drug-likeness (QED) is 0.862. The van der Waals surface area contributed by atoms with Crippen molar-refractivity contribution in [2.45, 2.75) is 22.8 Å². The summed E-state index contributed by atoms with van der Waals surface area (Å²) in [5.74, 6) is 0. The molecule has 0 amide bonds. The molecule has 0 unspecified atom stereocenters. The van der Waals surface area contributed by atoms with Gasteiger partial charge in [0.05, 0.1) is 4.90 Å². The molecule has 1 aromatic carbocycles. The van der Waals surface area contributed by atoms with Crippen molar-refractivity contribution >= 4 is 34.2 Å². The molecule has 0 saturated carbocycles. The largest absolute Gasteiger partial charge is 0.314 e. The highest BCUT2D eigenvalue weighted by atomic mass is 35.5. The van der Waals surface area contributed by atoms with Crippen molar-refractivity contribution in [2.24, 2.45) is 0 Å². The van der Waals surface area contributed by atoms with Crippen molar-refractivity contribution < 1.29 is 8.42 Å². The Hall–Kier alpha value is -0.270. The number of nitrogens with one attached hydrogen (secondary N) is 1. The van der Waals surface area contributed by atoms with Crippen LogP contribution < -0.4 is 5.32 Å². The van der Waals surface area contributed by atoms with Gasteiger partial charge in [-0.25, -0.2) is 8.42 Å². The molecule has 1 saturated heterocycles. The number of thioether (sulfide) groups is 1. The molecule has 4 nitrogen and oxygen atoms in total. The minimum absolute atomic E-state index is 0. The highest BCUT2D eigenvalue weighted by Gasteiger charge is 2.30. The third kappa shape index (κ3) is 3.64. The normalized spacial score (nSPS) is 20.8. The number of rotatable bonds is 3. The second kappa shape index (κ2) is 6.95. The van der Waals surface area contributed by atoms with E-state index in [1.54, 1.807) is 34.3 Å². The van der Waals surface area contributed by atoms with Crippen LogP contribution in [0.5, 0.6) is 0 Å². The van der Waals surface area contributed by atoms with Gasteiger partial charge in [0.2, 0.25) is 10.0 Å². The van der Waals surface area contributed by atoms with Crippen molar-refractivity contribution in [1.29, 1.82) is 0 Å². The van der Waals surface area contributed by atoms with Gasteiger partial charge in [-0.05, 0) is 31.4 Å². The second-order valence-corrected chi connectivity index (χ2v) is 7.12. The SMILES string of the molecule is CSc1cccc(S(=O)(=O)N2CCNC[C@H]2C)c1.Cl. The number of halogens is 1. The van der Waals surface area contributed by atoms with E-state index in [0.29, 0.717) is 24.5 Å². The first-order chi connectivity index (χ1) is 8.55. The number of hydrogen-bond donors (Lipinski definition) is 1. The summed E-state index contributed by atoms with van der Waals surface area (Å²) in [7, 11) is -3.36. The van der Waals surface area contributed by atoms with Gasteiger partial charge < -0.3 is 5.32 Å². The van der Waals surface area contributed by atoms with E-state index in [0.717, 1.165) is 4.90 Å². The molecule has 0 spiro atoms. The maximum Gasteiger partial charge on any atom is 0.243 e. The van der Waals surface area contributed by atoms with Gasteiger partial charge in [-0.2, -0.15) is 4.31 Å². The number of nitrogens with zero attached hydrogens (tertiary/aromatic N) is 1. The standard InChI is InChI=1S/C12H18N2O2S2.ClH/c1-10-9-13-6-7-14(10)18(15,16)12-5-3-4-11(8-12)17-2;/h3-5,8,10,13H,6-7,9H2,1-2H3;1H/t10-;/m1./s1. The van der Waals surface area contributed by atoms with E-state index in [1.165, 1.54) is 0 Å². The van der Waals surface area contributed by atoms with Crippen LogP contribution in [0, 0.1) is 0 Å². The van der Waals surface area contributed by atoms with Crippen LogP contribution in [0.1, 0.15) is 6.92 Å². The molecule has 0 radical (unpaired) electrons. The molecule has 1 aromatic rings. The summed E-state index contributed by atoms with van der Waals surface area (Å²) < 4.78 is 26.7. The molecule has 0 aliphatic carbocycles. The molecule has 0 bridgehead atoms. The summed E-state index contributed by atoms with van der Waals surface area (Å²) in [6.07, 6.45) is 1.94. The van der Waals surface area contributed by atoms with Crippen LogP contribution in [-0.2, 0) is 10.0 Å². The molecular formula is C12H19ClN2O2S2. The van der Waals surface area contributed by atoms with Crippen molar-refractivity contribution in [3.8, 4) is 0 Å². The molecule has 1 heterocycles. The van der Waals surface area contributed by atoms with E-state index < -0.39 is 10.0 Å². The Morgan fingerprint density at radius 1 is 1.42 bits per heavy atom. The van der Waals surface area contributed by atoms with Gasteiger partial charge in [-0.15, -0.1) is 24.2 Å². The zero-order chi connectivity index (χ0) is 13.2. The third-order valence-electron chi connectivity index (χ3n) is 3.09. The molecule has 0 aromatic heterocycles. The van der Waals surface area contributed by atoms with Crippen molar-refractivity contribution in [2.75, 3.05) is 25.9 Å². The van der Waals surface area contributed by atoms with Crippen LogP contribution in [0.4, 0.5) is 0 Å². The first-order valence-electron chi connectivity index (χ1n) is 5.92. The number of benzene rings is 1. The highest BCUT2D eigenvalue weighted by molar-refractivity contribution is 7.98. The van der Waals surface area contributed by atoms with Crippen LogP contribution in [0.3, 0.4) is 0 Å². The Bertz CT molecular complexity index is 522. The van der Waals surface area contributed by atoms with E-state index in [-0.39, 0.29) is 18.4 Å². The lowest BCUT2D eigenvalue weighted by molar-refractivity contribution is 0.284. The highest BCUT2D eigenvalue weighted by Crippen LogP contribution is 2.23. The van der Waals surface area contributed by atoms with Gasteiger partial charge in [0.25, 0.3) is 0 Å². The van der Waals surface area contributed by atoms with E-state index in [4.69, 9.17) is 0 Å². The van der Waals surface area contributed by atoms with Gasteiger partial charge in [-0.1, -0.05) is 6.07 Å². The summed E-state index contributed by atoms with van der Waals surface area (Å²) in [5, 5.41) is 3.20. The average Bonchev–Trinajstić information content (AvgIpc) is 2.39. The topological polar surface area (TPSA) is 49.4 Å². The van der Waals surface area contributed by atoms with Gasteiger partial charge in [0.1, 0.15) is 0 Å². The smallest absolute Gasteiger partial charge is 0.243 e. The lowest BCUT2D eigenvalue weighted by atomic mass is 10.3. The fourth-order valence-corrected chi connectivity index (χ4v) is 4.29. The second-order valence-electron chi connectivity index (χ2n) is 4.35. The maximum absolute atomic E-state index is 12.6. The van der Waals surface area contributed by atoms with E-state index in [9.17, 15) is 8.42 Å². The minimum atomic E-state index is -3.36. The fourth-order valence-electron chi connectivity index (χ4n) is 2.08. The predicted molar refractivity (Wildman–Crippen MR) is 81.7 cm³/mol. The number of sulfonamides is 1. The molecule has 1 aliphatic rings. The maximum atomic E-state index is 12.6. The Labute approximate surface area is 125 Å². The zero-order valence-electron chi connectivity index (χ0n) is 11.0. The minimum Gasteiger partial charge on any atom is -0.314 e. The molecule has 7 heteroatoms.